The third kappa shape index (κ3) is 4.66. The van der Waals surface area contributed by atoms with Gasteiger partial charge >= 0.3 is 0 Å². The first-order valence-corrected chi connectivity index (χ1v) is 9.74. The van der Waals surface area contributed by atoms with E-state index < -0.39 is 6.10 Å². The molecule has 1 atom stereocenters. The van der Waals surface area contributed by atoms with Gasteiger partial charge in [-0.3, -0.25) is 4.79 Å². The Morgan fingerprint density at radius 2 is 1.73 bits per heavy atom. The Kier molecular flexibility index (Phi) is 6.32. The predicted molar refractivity (Wildman–Crippen MR) is 105 cm³/mol. The van der Waals surface area contributed by atoms with Crippen LogP contribution in [0.2, 0.25) is 0 Å². The number of hydrogen-bond acceptors (Lipinski definition) is 2. The molecule has 0 aliphatic carbocycles. The van der Waals surface area contributed by atoms with Crippen LogP contribution in [0, 0.1) is 5.92 Å². The number of amides is 1. The average Bonchev–Trinajstić information content (AvgIpc) is 2.69. The maximum Gasteiger partial charge on any atom is 0.263 e. The van der Waals surface area contributed by atoms with E-state index in [-0.39, 0.29) is 5.91 Å². The SMILES string of the molecule is CCc1ccccc1O[C@@H](C)C(=O)N1CCC(Cc2ccccc2)CC1. The van der Waals surface area contributed by atoms with Gasteiger partial charge in [0.25, 0.3) is 5.91 Å². The number of nitrogens with zero attached hydrogens (tertiary/aromatic N) is 1. The predicted octanol–water partition coefficient (Wildman–Crippen LogP) is 4.50. The Labute approximate surface area is 157 Å². The summed E-state index contributed by atoms with van der Waals surface area (Å²) in [5.41, 5.74) is 2.54. The van der Waals surface area contributed by atoms with Gasteiger partial charge in [-0.2, -0.15) is 0 Å². The van der Waals surface area contributed by atoms with E-state index in [9.17, 15) is 4.79 Å². The molecule has 0 saturated carbocycles. The molecular formula is C23H29NO2. The molecule has 2 aromatic carbocycles. The fourth-order valence-electron chi connectivity index (χ4n) is 3.71. The third-order valence-corrected chi connectivity index (χ3v) is 5.30. The molecule has 1 amide bonds. The van der Waals surface area contributed by atoms with Crippen LogP contribution < -0.4 is 4.74 Å². The Morgan fingerprint density at radius 1 is 1.08 bits per heavy atom. The lowest BCUT2D eigenvalue weighted by molar-refractivity contribution is -0.139. The number of para-hydroxylation sites is 1. The van der Waals surface area contributed by atoms with E-state index in [4.69, 9.17) is 4.74 Å². The first kappa shape index (κ1) is 18.5. The largest absolute Gasteiger partial charge is 0.481 e. The zero-order valence-electron chi connectivity index (χ0n) is 15.9. The van der Waals surface area contributed by atoms with Crippen LogP contribution in [-0.4, -0.2) is 30.0 Å². The van der Waals surface area contributed by atoms with Gasteiger partial charge in [-0.25, -0.2) is 0 Å². The zero-order chi connectivity index (χ0) is 18.4. The Balaban J connectivity index is 1.51. The lowest BCUT2D eigenvalue weighted by atomic mass is 9.90. The molecule has 0 spiro atoms. The monoisotopic (exact) mass is 351 g/mol. The molecular weight excluding hydrogens is 322 g/mol. The quantitative estimate of drug-likeness (QED) is 0.767. The average molecular weight is 351 g/mol. The van der Waals surface area contributed by atoms with Crippen LogP contribution in [-0.2, 0) is 17.6 Å². The van der Waals surface area contributed by atoms with E-state index >= 15 is 0 Å². The normalized spacial score (nSPS) is 16.3. The van der Waals surface area contributed by atoms with E-state index in [1.165, 1.54) is 5.56 Å². The van der Waals surface area contributed by atoms with Crippen molar-refractivity contribution in [3.8, 4) is 5.75 Å². The number of piperidine rings is 1. The van der Waals surface area contributed by atoms with Crippen LogP contribution in [0.5, 0.6) is 5.75 Å². The summed E-state index contributed by atoms with van der Waals surface area (Å²) >= 11 is 0. The summed E-state index contributed by atoms with van der Waals surface area (Å²) in [5, 5.41) is 0. The second-order valence-corrected chi connectivity index (χ2v) is 7.18. The Bertz CT molecular complexity index is 705. The first-order chi connectivity index (χ1) is 12.7. The first-order valence-electron chi connectivity index (χ1n) is 9.74. The van der Waals surface area contributed by atoms with Gasteiger partial charge in [0, 0.05) is 13.1 Å². The number of hydrogen-bond donors (Lipinski definition) is 0. The molecule has 0 bridgehead atoms. The van der Waals surface area contributed by atoms with Gasteiger partial charge in [0.05, 0.1) is 0 Å². The molecule has 1 aliphatic rings. The maximum atomic E-state index is 12.8. The van der Waals surface area contributed by atoms with Gasteiger partial charge in [0.1, 0.15) is 5.75 Å². The minimum atomic E-state index is -0.437. The molecule has 1 fully saturated rings. The molecule has 0 N–H and O–H groups in total. The summed E-state index contributed by atoms with van der Waals surface area (Å²) in [7, 11) is 0. The van der Waals surface area contributed by atoms with E-state index in [1.807, 2.05) is 30.0 Å². The van der Waals surface area contributed by atoms with Crippen molar-refractivity contribution in [1.29, 1.82) is 0 Å². The molecule has 3 heteroatoms. The lowest BCUT2D eigenvalue weighted by Gasteiger charge is -2.33. The van der Waals surface area contributed by atoms with Crippen molar-refractivity contribution in [2.75, 3.05) is 13.1 Å². The Hall–Kier alpha value is -2.29. The highest BCUT2D eigenvalue weighted by atomic mass is 16.5. The van der Waals surface area contributed by atoms with Crippen molar-refractivity contribution < 1.29 is 9.53 Å². The topological polar surface area (TPSA) is 29.5 Å². The van der Waals surface area contributed by atoms with Crippen molar-refractivity contribution >= 4 is 5.91 Å². The summed E-state index contributed by atoms with van der Waals surface area (Å²) < 4.78 is 5.98. The van der Waals surface area contributed by atoms with Gasteiger partial charge in [-0.15, -0.1) is 0 Å². The molecule has 26 heavy (non-hydrogen) atoms. The van der Waals surface area contributed by atoms with Crippen LogP contribution in [0.3, 0.4) is 0 Å². The summed E-state index contributed by atoms with van der Waals surface area (Å²) in [6, 6.07) is 18.6. The number of benzene rings is 2. The molecule has 3 nitrogen and oxygen atoms in total. The maximum absolute atomic E-state index is 12.8. The van der Waals surface area contributed by atoms with Gasteiger partial charge in [-0.05, 0) is 55.7 Å². The smallest absolute Gasteiger partial charge is 0.263 e. The summed E-state index contributed by atoms with van der Waals surface area (Å²) in [5.74, 6) is 1.60. The summed E-state index contributed by atoms with van der Waals surface area (Å²) in [4.78, 5) is 14.7. The molecule has 1 heterocycles. The van der Waals surface area contributed by atoms with Gasteiger partial charge in [0.2, 0.25) is 0 Å². The second kappa shape index (κ2) is 8.88. The summed E-state index contributed by atoms with van der Waals surface area (Å²) in [6.07, 6.45) is 3.71. The molecule has 0 aromatic heterocycles. The number of carbonyl (C=O) groups excluding carboxylic acids is 1. The highest BCUT2D eigenvalue weighted by Crippen LogP contribution is 2.24. The number of aryl methyl sites for hydroxylation is 1. The number of carbonyl (C=O) groups is 1. The summed E-state index contributed by atoms with van der Waals surface area (Å²) in [6.45, 7) is 5.63. The highest BCUT2D eigenvalue weighted by molar-refractivity contribution is 5.81. The number of rotatable bonds is 6. The number of likely N-dealkylation sites (tertiary alicyclic amines) is 1. The van der Waals surface area contributed by atoms with E-state index in [1.54, 1.807) is 0 Å². The van der Waals surface area contributed by atoms with Crippen LogP contribution in [0.15, 0.2) is 54.6 Å². The standard InChI is InChI=1S/C23H29NO2/c1-3-21-11-7-8-12-22(21)26-18(2)23(25)24-15-13-20(14-16-24)17-19-9-5-4-6-10-19/h4-12,18,20H,3,13-17H2,1-2H3/t18-/m0/s1. The molecule has 0 radical (unpaired) electrons. The molecule has 138 valence electrons. The van der Waals surface area contributed by atoms with Crippen molar-refractivity contribution in [3.05, 3.63) is 65.7 Å². The van der Waals surface area contributed by atoms with Crippen molar-refractivity contribution in [2.45, 2.75) is 45.6 Å². The van der Waals surface area contributed by atoms with E-state index in [0.717, 1.165) is 50.1 Å². The Morgan fingerprint density at radius 3 is 2.42 bits per heavy atom. The van der Waals surface area contributed by atoms with Gasteiger partial charge in [-0.1, -0.05) is 55.5 Å². The van der Waals surface area contributed by atoms with Crippen molar-refractivity contribution in [1.82, 2.24) is 4.90 Å². The second-order valence-electron chi connectivity index (χ2n) is 7.18. The van der Waals surface area contributed by atoms with Gasteiger partial charge in [0.15, 0.2) is 6.10 Å². The molecule has 1 saturated heterocycles. The van der Waals surface area contributed by atoms with Gasteiger partial charge < -0.3 is 9.64 Å². The lowest BCUT2D eigenvalue weighted by Crippen LogP contribution is -2.45. The van der Waals surface area contributed by atoms with E-state index in [0.29, 0.717) is 5.92 Å². The molecule has 0 unspecified atom stereocenters. The van der Waals surface area contributed by atoms with Crippen molar-refractivity contribution in [3.63, 3.8) is 0 Å². The van der Waals surface area contributed by atoms with Crippen LogP contribution in [0.4, 0.5) is 0 Å². The van der Waals surface area contributed by atoms with Crippen LogP contribution in [0.25, 0.3) is 0 Å². The minimum Gasteiger partial charge on any atom is -0.481 e. The number of ether oxygens (including phenoxy) is 1. The fraction of sp³-hybridized carbons (Fsp3) is 0.435. The van der Waals surface area contributed by atoms with Crippen LogP contribution in [0.1, 0.15) is 37.8 Å². The van der Waals surface area contributed by atoms with Crippen LogP contribution >= 0.6 is 0 Å². The minimum absolute atomic E-state index is 0.106. The van der Waals surface area contributed by atoms with E-state index in [2.05, 4.69) is 43.3 Å². The highest BCUT2D eigenvalue weighted by Gasteiger charge is 2.27. The third-order valence-electron chi connectivity index (χ3n) is 5.30. The zero-order valence-corrected chi connectivity index (χ0v) is 15.9. The fourth-order valence-corrected chi connectivity index (χ4v) is 3.71. The molecule has 1 aliphatic heterocycles. The molecule has 3 rings (SSSR count). The molecule has 2 aromatic rings. The van der Waals surface area contributed by atoms with Crippen molar-refractivity contribution in [2.24, 2.45) is 5.92 Å².